The Morgan fingerprint density at radius 1 is 1.36 bits per heavy atom. The van der Waals surface area contributed by atoms with Gasteiger partial charge in [-0.15, -0.1) is 0 Å². The largest absolute Gasteiger partial charge is 0.327 e. The number of alkyl halides is 1. The van der Waals surface area contributed by atoms with Gasteiger partial charge in [-0.1, -0.05) is 28.1 Å². The first-order chi connectivity index (χ1) is 5.24. The molecule has 1 nitrogen and oxygen atoms in total. The fourth-order valence-electron chi connectivity index (χ4n) is 0.808. The van der Waals surface area contributed by atoms with Crippen molar-refractivity contribution in [3.05, 3.63) is 34.3 Å². The van der Waals surface area contributed by atoms with Crippen molar-refractivity contribution in [2.45, 2.75) is 6.17 Å². The molecule has 0 fully saturated rings. The minimum absolute atomic E-state index is 0.0433. The Morgan fingerprint density at radius 3 is 2.36 bits per heavy atom. The van der Waals surface area contributed by atoms with Crippen LogP contribution >= 0.6 is 15.9 Å². The van der Waals surface area contributed by atoms with Gasteiger partial charge in [0.1, 0.15) is 6.17 Å². The lowest BCUT2D eigenvalue weighted by Gasteiger charge is -2.03. The summed E-state index contributed by atoms with van der Waals surface area (Å²) in [5.74, 6) is 0. The van der Waals surface area contributed by atoms with Crippen molar-refractivity contribution in [2.24, 2.45) is 5.73 Å². The van der Waals surface area contributed by atoms with Gasteiger partial charge < -0.3 is 5.73 Å². The van der Waals surface area contributed by atoms with E-state index >= 15 is 0 Å². The van der Waals surface area contributed by atoms with E-state index in [0.717, 1.165) is 4.47 Å². The third-order valence-corrected chi connectivity index (χ3v) is 1.97. The zero-order chi connectivity index (χ0) is 8.27. The minimum atomic E-state index is -1.04. The predicted octanol–water partition coefficient (Wildman–Crippen LogP) is 2.42. The van der Waals surface area contributed by atoms with Gasteiger partial charge in [0.05, 0.1) is 0 Å². The topological polar surface area (TPSA) is 26.0 Å². The van der Waals surface area contributed by atoms with Crippen LogP contribution in [0.25, 0.3) is 0 Å². The number of hydrogen-bond donors (Lipinski definition) is 1. The molecule has 0 unspecified atom stereocenters. The molecule has 1 aromatic carbocycles. The summed E-state index contributed by atoms with van der Waals surface area (Å²) in [6.07, 6.45) is -1.04. The molecule has 11 heavy (non-hydrogen) atoms. The first-order valence-corrected chi connectivity index (χ1v) is 4.13. The fourth-order valence-corrected chi connectivity index (χ4v) is 1.07. The standard InChI is InChI=1S/C8H9BrFN/c9-7-3-1-6(2-4-7)8(10)5-11/h1-4,8H,5,11H2/t8-/m1/s1. The van der Waals surface area contributed by atoms with Crippen LogP contribution in [0.3, 0.4) is 0 Å². The molecule has 1 rings (SSSR count). The molecule has 0 amide bonds. The van der Waals surface area contributed by atoms with E-state index in [2.05, 4.69) is 15.9 Å². The van der Waals surface area contributed by atoms with Crippen molar-refractivity contribution in [2.75, 3.05) is 6.54 Å². The molecular formula is C8H9BrFN. The van der Waals surface area contributed by atoms with E-state index in [0.29, 0.717) is 5.56 Å². The van der Waals surface area contributed by atoms with E-state index in [-0.39, 0.29) is 6.54 Å². The quantitative estimate of drug-likeness (QED) is 0.810. The van der Waals surface area contributed by atoms with E-state index in [1.807, 2.05) is 0 Å². The van der Waals surface area contributed by atoms with Gasteiger partial charge in [0, 0.05) is 11.0 Å². The number of rotatable bonds is 2. The maximum Gasteiger partial charge on any atom is 0.137 e. The molecule has 1 atom stereocenters. The molecule has 0 bridgehead atoms. The molecule has 2 N–H and O–H groups in total. The van der Waals surface area contributed by atoms with Gasteiger partial charge in [0.15, 0.2) is 0 Å². The Bertz CT molecular complexity index is 222. The average molecular weight is 218 g/mol. The summed E-state index contributed by atoms with van der Waals surface area (Å²) in [6, 6.07) is 7.05. The first kappa shape index (κ1) is 8.68. The van der Waals surface area contributed by atoms with Gasteiger partial charge in [-0.2, -0.15) is 0 Å². The van der Waals surface area contributed by atoms with Gasteiger partial charge in [-0.25, -0.2) is 4.39 Å². The highest BCUT2D eigenvalue weighted by atomic mass is 79.9. The van der Waals surface area contributed by atoms with Crippen LogP contribution in [0, 0.1) is 0 Å². The van der Waals surface area contributed by atoms with Crippen LogP contribution in [-0.4, -0.2) is 6.54 Å². The summed E-state index contributed by atoms with van der Waals surface area (Å²) in [5, 5.41) is 0. The van der Waals surface area contributed by atoms with Crippen LogP contribution in [0.1, 0.15) is 11.7 Å². The fraction of sp³-hybridized carbons (Fsp3) is 0.250. The highest BCUT2D eigenvalue weighted by Crippen LogP contribution is 2.18. The van der Waals surface area contributed by atoms with E-state index in [9.17, 15) is 4.39 Å². The summed E-state index contributed by atoms with van der Waals surface area (Å²) in [7, 11) is 0. The number of nitrogens with two attached hydrogens (primary N) is 1. The third-order valence-electron chi connectivity index (χ3n) is 1.44. The lowest BCUT2D eigenvalue weighted by Crippen LogP contribution is -2.07. The molecule has 60 valence electrons. The molecule has 0 saturated heterocycles. The molecule has 0 spiro atoms. The monoisotopic (exact) mass is 217 g/mol. The zero-order valence-corrected chi connectivity index (χ0v) is 7.51. The van der Waals surface area contributed by atoms with Crippen molar-refractivity contribution >= 4 is 15.9 Å². The maximum absolute atomic E-state index is 12.9. The van der Waals surface area contributed by atoms with Crippen molar-refractivity contribution < 1.29 is 4.39 Å². The lowest BCUT2D eigenvalue weighted by molar-refractivity contribution is 0.353. The summed E-state index contributed by atoms with van der Waals surface area (Å²) in [4.78, 5) is 0. The predicted molar refractivity (Wildman–Crippen MR) is 47.0 cm³/mol. The SMILES string of the molecule is NC[C@@H](F)c1ccc(Br)cc1. The Morgan fingerprint density at radius 2 is 1.91 bits per heavy atom. The summed E-state index contributed by atoms with van der Waals surface area (Å²) >= 11 is 3.26. The first-order valence-electron chi connectivity index (χ1n) is 3.33. The summed E-state index contributed by atoms with van der Waals surface area (Å²) < 4.78 is 13.8. The molecule has 1 aromatic rings. The summed E-state index contributed by atoms with van der Waals surface area (Å²) in [6.45, 7) is 0.0433. The second kappa shape index (κ2) is 3.83. The second-order valence-electron chi connectivity index (χ2n) is 2.25. The van der Waals surface area contributed by atoms with Gasteiger partial charge >= 0.3 is 0 Å². The molecule has 3 heteroatoms. The van der Waals surface area contributed by atoms with E-state index < -0.39 is 6.17 Å². The van der Waals surface area contributed by atoms with Crippen LogP contribution in [0.5, 0.6) is 0 Å². The Balaban J connectivity index is 2.81. The van der Waals surface area contributed by atoms with Crippen molar-refractivity contribution in [3.8, 4) is 0 Å². The Labute approximate surface area is 73.5 Å². The highest BCUT2D eigenvalue weighted by Gasteiger charge is 2.05. The zero-order valence-electron chi connectivity index (χ0n) is 5.93. The van der Waals surface area contributed by atoms with E-state index in [1.54, 1.807) is 24.3 Å². The number of hydrogen-bond acceptors (Lipinski definition) is 1. The van der Waals surface area contributed by atoms with Crippen LogP contribution in [0.4, 0.5) is 4.39 Å². The van der Waals surface area contributed by atoms with Crippen molar-refractivity contribution in [1.29, 1.82) is 0 Å². The van der Waals surface area contributed by atoms with Crippen LogP contribution < -0.4 is 5.73 Å². The van der Waals surface area contributed by atoms with E-state index in [1.165, 1.54) is 0 Å². The molecule has 0 aliphatic rings. The van der Waals surface area contributed by atoms with Gasteiger partial charge in [-0.05, 0) is 17.7 Å². The normalized spacial score (nSPS) is 13.0. The van der Waals surface area contributed by atoms with Gasteiger partial charge in [0.2, 0.25) is 0 Å². The summed E-state index contributed by atoms with van der Waals surface area (Å²) in [5.41, 5.74) is 5.79. The van der Waals surface area contributed by atoms with Crippen molar-refractivity contribution in [1.82, 2.24) is 0 Å². The van der Waals surface area contributed by atoms with Crippen LogP contribution in [0.2, 0.25) is 0 Å². The molecule has 0 heterocycles. The third kappa shape index (κ3) is 2.27. The molecule has 0 aromatic heterocycles. The smallest absolute Gasteiger partial charge is 0.137 e. The molecule has 0 aliphatic carbocycles. The number of halogens is 2. The van der Waals surface area contributed by atoms with Crippen LogP contribution in [0.15, 0.2) is 28.7 Å². The van der Waals surface area contributed by atoms with Gasteiger partial charge in [-0.3, -0.25) is 0 Å². The maximum atomic E-state index is 12.9. The second-order valence-corrected chi connectivity index (χ2v) is 3.17. The Hall–Kier alpha value is -0.410. The molecule has 0 saturated carbocycles. The average Bonchev–Trinajstić information content (AvgIpc) is 2.05. The van der Waals surface area contributed by atoms with Crippen LogP contribution in [-0.2, 0) is 0 Å². The van der Waals surface area contributed by atoms with E-state index in [4.69, 9.17) is 5.73 Å². The Kier molecular flexibility index (Phi) is 3.02. The number of benzene rings is 1. The molecule has 0 aliphatic heterocycles. The lowest BCUT2D eigenvalue weighted by atomic mass is 10.1. The molecule has 0 radical (unpaired) electrons. The minimum Gasteiger partial charge on any atom is -0.327 e. The van der Waals surface area contributed by atoms with Crippen molar-refractivity contribution in [3.63, 3.8) is 0 Å². The highest BCUT2D eigenvalue weighted by molar-refractivity contribution is 9.10. The molecular weight excluding hydrogens is 209 g/mol. The van der Waals surface area contributed by atoms with Gasteiger partial charge in [0.25, 0.3) is 0 Å².